The summed E-state index contributed by atoms with van der Waals surface area (Å²) in [5, 5.41) is 7.80. The van der Waals surface area contributed by atoms with Gasteiger partial charge in [0, 0.05) is 6.21 Å². The number of carbonyl (C=O) groups excluding carboxylic acids is 2. The molecule has 0 radical (unpaired) electrons. The van der Waals surface area contributed by atoms with Gasteiger partial charge in [0.15, 0.2) is 0 Å². The summed E-state index contributed by atoms with van der Waals surface area (Å²) in [5.41, 5.74) is 0.324. The Kier molecular flexibility index (Phi) is 4.04. The summed E-state index contributed by atoms with van der Waals surface area (Å²) in [7, 11) is 0. The molecule has 0 aromatic heterocycles. The molecule has 3 amide bonds. The van der Waals surface area contributed by atoms with Gasteiger partial charge >= 0.3 is 6.03 Å². The summed E-state index contributed by atoms with van der Waals surface area (Å²) in [6, 6.07) is 9.35. The number of imide groups is 1. The van der Waals surface area contributed by atoms with Crippen LogP contribution < -0.4 is 5.32 Å². The van der Waals surface area contributed by atoms with E-state index in [1.807, 2.05) is 36.4 Å². The highest BCUT2D eigenvalue weighted by molar-refractivity contribution is 6.07. The fraction of sp³-hybridized carbons (Fsp3) is 0.353. The van der Waals surface area contributed by atoms with Crippen LogP contribution in [0.25, 0.3) is 6.08 Å². The number of rotatable bonds is 3. The molecule has 0 unspecified atom stereocenters. The molecule has 1 aliphatic carbocycles. The zero-order valence-corrected chi connectivity index (χ0v) is 12.4. The Hall–Kier alpha value is -2.43. The third-order valence-electron chi connectivity index (χ3n) is 4.20. The molecule has 2 aliphatic rings. The van der Waals surface area contributed by atoms with Gasteiger partial charge in [-0.1, -0.05) is 55.7 Å². The summed E-state index contributed by atoms with van der Waals surface area (Å²) < 4.78 is 0. The van der Waals surface area contributed by atoms with Crippen LogP contribution in [0.3, 0.4) is 0 Å². The molecule has 1 saturated carbocycles. The summed E-state index contributed by atoms with van der Waals surface area (Å²) in [6.07, 6.45) is 9.56. The Morgan fingerprint density at radius 1 is 1.09 bits per heavy atom. The second kappa shape index (κ2) is 6.13. The SMILES string of the molecule is O=C1NC2(CCCCC2)C(=O)N1N=CC=Cc1ccccc1. The molecule has 1 heterocycles. The number of hydrogen-bond donors (Lipinski definition) is 1. The first-order valence-electron chi connectivity index (χ1n) is 7.64. The van der Waals surface area contributed by atoms with E-state index in [2.05, 4.69) is 10.4 Å². The lowest BCUT2D eigenvalue weighted by Crippen LogP contribution is -2.48. The van der Waals surface area contributed by atoms with Gasteiger partial charge in [-0.05, 0) is 24.5 Å². The van der Waals surface area contributed by atoms with E-state index in [0.29, 0.717) is 12.8 Å². The quantitative estimate of drug-likeness (QED) is 0.688. The van der Waals surface area contributed by atoms with E-state index >= 15 is 0 Å². The molecule has 114 valence electrons. The van der Waals surface area contributed by atoms with Crippen molar-refractivity contribution in [1.29, 1.82) is 0 Å². The third kappa shape index (κ3) is 2.79. The molecular weight excluding hydrogens is 278 g/mol. The molecule has 5 heteroatoms. The molecule has 2 fully saturated rings. The molecule has 1 aliphatic heterocycles. The van der Waals surface area contributed by atoms with Crippen LogP contribution in [0.2, 0.25) is 0 Å². The van der Waals surface area contributed by atoms with Crippen LogP contribution in [0.4, 0.5) is 4.79 Å². The van der Waals surface area contributed by atoms with Crippen LogP contribution in [0.1, 0.15) is 37.7 Å². The number of carbonyl (C=O) groups is 2. The minimum atomic E-state index is -0.712. The standard InChI is InChI=1S/C17H19N3O2/c21-15-17(11-5-2-6-12-17)19-16(22)20(15)18-13-7-10-14-8-3-1-4-9-14/h1,3-4,7-10,13H,2,5-6,11-12H2,(H,19,22). The minimum Gasteiger partial charge on any atom is -0.321 e. The van der Waals surface area contributed by atoms with Crippen molar-refractivity contribution in [2.45, 2.75) is 37.6 Å². The third-order valence-corrected chi connectivity index (χ3v) is 4.20. The number of urea groups is 1. The van der Waals surface area contributed by atoms with Crippen molar-refractivity contribution in [3.8, 4) is 0 Å². The first-order chi connectivity index (χ1) is 10.7. The number of allylic oxidation sites excluding steroid dienone is 1. The maximum Gasteiger partial charge on any atom is 0.346 e. The van der Waals surface area contributed by atoms with E-state index in [-0.39, 0.29) is 5.91 Å². The minimum absolute atomic E-state index is 0.221. The maximum atomic E-state index is 12.5. The Morgan fingerprint density at radius 3 is 2.55 bits per heavy atom. The molecule has 3 rings (SSSR count). The monoisotopic (exact) mass is 297 g/mol. The topological polar surface area (TPSA) is 61.8 Å². The van der Waals surface area contributed by atoms with E-state index in [0.717, 1.165) is 29.8 Å². The average Bonchev–Trinajstić information content (AvgIpc) is 2.77. The summed E-state index contributed by atoms with van der Waals surface area (Å²) in [5.74, 6) is -0.221. The van der Waals surface area contributed by atoms with Crippen LogP contribution in [-0.4, -0.2) is 28.7 Å². The molecule has 1 aromatic rings. The first-order valence-corrected chi connectivity index (χ1v) is 7.64. The van der Waals surface area contributed by atoms with Crippen LogP contribution in [-0.2, 0) is 4.79 Å². The summed E-state index contributed by atoms with van der Waals surface area (Å²) in [6.45, 7) is 0. The number of nitrogens with one attached hydrogen (secondary N) is 1. The van der Waals surface area contributed by atoms with Crippen molar-refractivity contribution in [1.82, 2.24) is 10.3 Å². The molecule has 1 saturated heterocycles. The predicted octanol–water partition coefficient (Wildman–Crippen LogP) is 2.94. The Labute approximate surface area is 129 Å². The fourth-order valence-electron chi connectivity index (χ4n) is 3.03. The molecule has 5 nitrogen and oxygen atoms in total. The fourth-order valence-corrected chi connectivity index (χ4v) is 3.03. The van der Waals surface area contributed by atoms with Crippen molar-refractivity contribution in [3.63, 3.8) is 0 Å². The van der Waals surface area contributed by atoms with E-state index in [1.165, 1.54) is 6.21 Å². The van der Waals surface area contributed by atoms with E-state index in [9.17, 15) is 9.59 Å². The Balaban J connectivity index is 1.67. The van der Waals surface area contributed by atoms with E-state index in [1.54, 1.807) is 6.08 Å². The molecule has 1 N–H and O–H groups in total. The van der Waals surface area contributed by atoms with Crippen molar-refractivity contribution in [2.24, 2.45) is 5.10 Å². The van der Waals surface area contributed by atoms with Crippen molar-refractivity contribution < 1.29 is 9.59 Å². The van der Waals surface area contributed by atoms with Crippen LogP contribution in [0.15, 0.2) is 41.5 Å². The lowest BCUT2D eigenvalue weighted by atomic mass is 9.82. The number of nitrogens with zero attached hydrogens (tertiary/aromatic N) is 2. The highest BCUT2D eigenvalue weighted by Gasteiger charge is 2.51. The van der Waals surface area contributed by atoms with Gasteiger partial charge in [-0.3, -0.25) is 4.79 Å². The summed E-state index contributed by atoms with van der Waals surface area (Å²) >= 11 is 0. The first kappa shape index (κ1) is 14.5. The predicted molar refractivity (Wildman–Crippen MR) is 85.2 cm³/mol. The largest absolute Gasteiger partial charge is 0.346 e. The number of hydrogen-bond acceptors (Lipinski definition) is 3. The number of amides is 3. The number of hydrazone groups is 1. The maximum absolute atomic E-state index is 12.5. The molecule has 1 aromatic carbocycles. The normalized spacial score (nSPS) is 21.2. The highest BCUT2D eigenvalue weighted by atomic mass is 16.2. The Bertz CT molecular complexity index is 616. The van der Waals surface area contributed by atoms with Crippen molar-refractivity contribution >= 4 is 24.2 Å². The van der Waals surface area contributed by atoms with Crippen molar-refractivity contribution in [2.75, 3.05) is 0 Å². The molecular formula is C17H19N3O2. The van der Waals surface area contributed by atoms with Crippen LogP contribution >= 0.6 is 0 Å². The lowest BCUT2D eigenvalue weighted by Gasteiger charge is -2.29. The highest BCUT2D eigenvalue weighted by Crippen LogP contribution is 2.33. The van der Waals surface area contributed by atoms with Crippen LogP contribution in [0, 0.1) is 0 Å². The average molecular weight is 297 g/mol. The van der Waals surface area contributed by atoms with Gasteiger partial charge in [0.2, 0.25) is 0 Å². The molecule has 22 heavy (non-hydrogen) atoms. The van der Waals surface area contributed by atoms with Gasteiger partial charge in [-0.25, -0.2) is 4.79 Å². The second-order valence-corrected chi connectivity index (χ2v) is 5.72. The smallest absolute Gasteiger partial charge is 0.321 e. The van der Waals surface area contributed by atoms with Crippen LogP contribution in [0.5, 0.6) is 0 Å². The van der Waals surface area contributed by atoms with Gasteiger partial charge in [0.05, 0.1) is 0 Å². The van der Waals surface area contributed by atoms with Crippen molar-refractivity contribution in [3.05, 3.63) is 42.0 Å². The lowest BCUT2D eigenvalue weighted by molar-refractivity contribution is -0.132. The zero-order chi connectivity index (χ0) is 15.4. The molecule has 1 spiro atoms. The van der Waals surface area contributed by atoms with Gasteiger partial charge in [0.1, 0.15) is 5.54 Å². The van der Waals surface area contributed by atoms with Gasteiger partial charge in [-0.2, -0.15) is 5.10 Å². The van der Waals surface area contributed by atoms with Gasteiger partial charge in [-0.15, -0.1) is 5.01 Å². The zero-order valence-electron chi connectivity index (χ0n) is 12.4. The van der Waals surface area contributed by atoms with Gasteiger partial charge in [0.25, 0.3) is 5.91 Å². The number of benzene rings is 1. The molecule has 0 atom stereocenters. The van der Waals surface area contributed by atoms with Gasteiger partial charge < -0.3 is 5.32 Å². The van der Waals surface area contributed by atoms with E-state index in [4.69, 9.17) is 0 Å². The Morgan fingerprint density at radius 2 is 1.82 bits per heavy atom. The molecule has 0 bridgehead atoms. The van der Waals surface area contributed by atoms with E-state index < -0.39 is 11.6 Å². The second-order valence-electron chi connectivity index (χ2n) is 5.72. The summed E-state index contributed by atoms with van der Waals surface area (Å²) in [4.78, 5) is 24.4.